The van der Waals surface area contributed by atoms with Gasteiger partial charge >= 0.3 is 0 Å². The van der Waals surface area contributed by atoms with E-state index in [0.29, 0.717) is 28.0 Å². The van der Waals surface area contributed by atoms with Gasteiger partial charge in [-0.05, 0) is 48.0 Å². The highest BCUT2D eigenvalue weighted by molar-refractivity contribution is 6.21. The molecule has 3 N–H and O–H groups in total. The first kappa shape index (κ1) is 23.3. The molecule has 0 aliphatic heterocycles. The third-order valence-corrected chi connectivity index (χ3v) is 5.84. The molecule has 0 aliphatic rings. The predicted octanol–water partition coefficient (Wildman–Crippen LogP) is 2.97. The van der Waals surface area contributed by atoms with Gasteiger partial charge in [0.05, 0.1) is 11.1 Å². The molecule has 8 nitrogen and oxygen atoms in total. The molecule has 5 aromatic rings. The van der Waals surface area contributed by atoms with Crippen molar-refractivity contribution < 1.29 is 4.39 Å². The Labute approximate surface area is 206 Å². The van der Waals surface area contributed by atoms with Crippen LogP contribution in [0.15, 0.2) is 60.0 Å². The number of nitrogens with zero attached hydrogens (tertiary/aromatic N) is 5. The highest BCUT2D eigenvalue weighted by Crippen LogP contribution is 2.27. The highest BCUT2D eigenvalue weighted by atomic mass is 19.1. The number of aromatic amines is 2. The third kappa shape index (κ3) is 4.56. The number of H-pyrrole nitrogens is 2. The molecule has 0 fully saturated rings. The molecule has 5 rings (SSSR count). The average molecular weight is 481 g/mol. The minimum atomic E-state index is -0.290. The molecule has 36 heavy (non-hydrogen) atoms. The quantitative estimate of drug-likeness (QED) is 0.311. The lowest BCUT2D eigenvalue weighted by atomic mass is 10.1. The monoisotopic (exact) mass is 480 g/mol. The number of imidazole rings is 1. The van der Waals surface area contributed by atoms with E-state index in [0.717, 1.165) is 46.3 Å². The molecule has 0 bridgehead atoms. The third-order valence-electron chi connectivity index (χ3n) is 5.84. The van der Waals surface area contributed by atoms with Gasteiger partial charge in [0, 0.05) is 48.5 Å². The van der Waals surface area contributed by atoms with Crippen molar-refractivity contribution in [3.05, 3.63) is 82.5 Å². The lowest BCUT2D eigenvalue weighted by Crippen LogP contribution is -2.24. The van der Waals surface area contributed by atoms with E-state index in [1.165, 1.54) is 12.1 Å². The highest BCUT2D eigenvalue weighted by Gasteiger charge is 2.15. The Morgan fingerprint density at radius 1 is 1.19 bits per heavy atom. The van der Waals surface area contributed by atoms with Crippen molar-refractivity contribution in [1.29, 1.82) is 0 Å². The van der Waals surface area contributed by atoms with Crippen LogP contribution >= 0.6 is 0 Å². The van der Waals surface area contributed by atoms with Crippen LogP contribution < -0.4 is 15.9 Å². The van der Waals surface area contributed by atoms with Gasteiger partial charge in [-0.1, -0.05) is 25.6 Å². The van der Waals surface area contributed by atoms with E-state index >= 15 is 0 Å². The molecule has 0 saturated carbocycles. The zero-order valence-electron chi connectivity index (χ0n) is 20.0. The molecule has 1 aromatic carbocycles. The van der Waals surface area contributed by atoms with Gasteiger partial charge in [-0.25, -0.2) is 14.4 Å². The van der Waals surface area contributed by atoms with E-state index in [9.17, 15) is 4.39 Å². The van der Waals surface area contributed by atoms with Gasteiger partial charge in [-0.2, -0.15) is 5.10 Å². The Morgan fingerprint density at radius 2 is 2.03 bits per heavy atom. The lowest BCUT2D eigenvalue weighted by Gasteiger charge is -2.05. The smallest absolute Gasteiger partial charge is 0.160 e. The molecule has 0 spiro atoms. The summed E-state index contributed by atoms with van der Waals surface area (Å²) in [6.07, 6.45) is 7.26. The van der Waals surface area contributed by atoms with Gasteiger partial charge in [-0.3, -0.25) is 15.1 Å². The molecule has 0 unspecified atom stereocenters. The summed E-state index contributed by atoms with van der Waals surface area (Å²) in [7, 11) is 1.74. The number of benzene rings is 1. The Morgan fingerprint density at radius 3 is 2.81 bits per heavy atom. The zero-order valence-corrected chi connectivity index (χ0v) is 20.0. The number of hydrogen-bond donors (Lipinski definition) is 3. The summed E-state index contributed by atoms with van der Waals surface area (Å²) in [4.78, 5) is 21.4. The Hall–Kier alpha value is -4.50. The van der Waals surface area contributed by atoms with Crippen LogP contribution in [-0.2, 0) is 6.54 Å². The van der Waals surface area contributed by atoms with E-state index in [4.69, 9.17) is 4.98 Å². The summed E-state index contributed by atoms with van der Waals surface area (Å²) in [5.74, 6) is 0.251. The number of aliphatic imine (C=N–C) groups is 1. The molecule has 0 radical (unpaired) electrons. The summed E-state index contributed by atoms with van der Waals surface area (Å²) >= 11 is 0. The first-order valence-corrected chi connectivity index (χ1v) is 11.5. The van der Waals surface area contributed by atoms with Crippen LogP contribution in [-0.4, -0.2) is 49.4 Å². The van der Waals surface area contributed by atoms with E-state index in [1.807, 2.05) is 18.3 Å². The van der Waals surface area contributed by atoms with Gasteiger partial charge in [0.25, 0.3) is 0 Å². The number of halogens is 1. The molecule has 0 amide bonds. The zero-order chi connectivity index (χ0) is 25.1. The second-order valence-corrected chi connectivity index (χ2v) is 8.23. The van der Waals surface area contributed by atoms with Crippen LogP contribution in [0.2, 0.25) is 0 Å². The minimum Gasteiger partial charge on any atom is -0.321 e. The predicted molar refractivity (Wildman–Crippen MR) is 140 cm³/mol. The van der Waals surface area contributed by atoms with Crippen molar-refractivity contribution in [1.82, 2.24) is 35.5 Å². The van der Waals surface area contributed by atoms with Crippen molar-refractivity contribution >= 4 is 29.5 Å². The number of pyridine rings is 2. The van der Waals surface area contributed by atoms with E-state index in [2.05, 4.69) is 55.0 Å². The summed E-state index contributed by atoms with van der Waals surface area (Å²) < 4.78 is 13.4. The van der Waals surface area contributed by atoms with Crippen LogP contribution in [0.3, 0.4) is 0 Å². The largest absolute Gasteiger partial charge is 0.321 e. The van der Waals surface area contributed by atoms with Crippen molar-refractivity contribution in [3.8, 4) is 22.6 Å². The molecular weight excluding hydrogens is 455 g/mol. The molecule has 4 heterocycles. The standard InChI is InChI=1S/C27H25FN8/c1-4-30-13-17-11-19(15-31-14-17)23(29-3)12-22-16(2)35-36-25(22)27-33-24-21(9-10-32-26(24)34-27)18-5-7-20(28)8-6-18/h5-12,14-15,30,35H,2,4,13H2,1,3H3,(H,32,33,34)/b22-12+,29-23+. The average Bonchev–Trinajstić information content (AvgIpc) is 3.49. The fraction of sp³-hybridized carbons (Fsp3) is 0.148. The molecular formula is C27H25FN8. The molecule has 0 atom stereocenters. The van der Waals surface area contributed by atoms with Gasteiger partial charge in [0.15, 0.2) is 11.5 Å². The normalized spacial score (nSPS) is 12.5. The number of aromatic nitrogens is 6. The fourth-order valence-corrected chi connectivity index (χ4v) is 4.02. The fourth-order valence-electron chi connectivity index (χ4n) is 4.02. The number of hydrogen-bond acceptors (Lipinski definition) is 6. The van der Waals surface area contributed by atoms with Gasteiger partial charge < -0.3 is 10.3 Å². The van der Waals surface area contributed by atoms with Crippen molar-refractivity contribution in [2.45, 2.75) is 13.5 Å². The first-order valence-electron chi connectivity index (χ1n) is 11.5. The summed E-state index contributed by atoms with van der Waals surface area (Å²) in [5, 5.41) is 12.1. The van der Waals surface area contributed by atoms with Gasteiger partial charge in [0.2, 0.25) is 0 Å². The lowest BCUT2D eigenvalue weighted by molar-refractivity contribution is 0.628. The van der Waals surface area contributed by atoms with Gasteiger partial charge in [0.1, 0.15) is 17.0 Å². The summed E-state index contributed by atoms with van der Waals surface area (Å²) in [6.45, 7) is 7.79. The van der Waals surface area contributed by atoms with Crippen LogP contribution in [0.25, 0.3) is 46.5 Å². The molecule has 180 valence electrons. The maximum atomic E-state index is 13.4. The molecule has 4 aromatic heterocycles. The van der Waals surface area contributed by atoms with Crippen molar-refractivity contribution in [2.75, 3.05) is 13.6 Å². The second kappa shape index (κ2) is 10.0. The number of nitrogens with one attached hydrogen (secondary N) is 3. The molecule has 0 aliphatic carbocycles. The SMILES string of the molecule is C=c1[nH]nc(-c2nc3c(-c4ccc(F)cc4)ccnc3[nH]2)/c1=C/C(=N\C)c1cncc(CNCC)c1. The van der Waals surface area contributed by atoms with Crippen LogP contribution in [0.4, 0.5) is 4.39 Å². The first-order chi connectivity index (χ1) is 17.6. The van der Waals surface area contributed by atoms with E-state index in [-0.39, 0.29) is 5.82 Å². The molecule has 9 heteroatoms. The molecule has 0 saturated heterocycles. The Bertz CT molecular complexity index is 1660. The number of rotatable bonds is 7. The summed E-state index contributed by atoms with van der Waals surface area (Å²) in [5.41, 5.74) is 6.28. The summed E-state index contributed by atoms with van der Waals surface area (Å²) in [6, 6.07) is 10.2. The van der Waals surface area contributed by atoms with Crippen LogP contribution in [0.1, 0.15) is 18.1 Å². The second-order valence-electron chi connectivity index (χ2n) is 8.23. The minimum absolute atomic E-state index is 0.290. The van der Waals surface area contributed by atoms with E-state index < -0.39 is 0 Å². The maximum Gasteiger partial charge on any atom is 0.160 e. The van der Waals surface area contributed by atoms with Crippen LogP contribution in [0.5, 0.6) is 0 Å². The topological polar surface area (TPSA) is 108 Å². The Kier molecular flexibility index (Phi) is 6.46. The maximum absolute atomic E-state index is 13.4. The van der Waals surface area contributed by atoms with Crippen LogP contribution in [0, 0.1) is 5.82 Å². The van der Waals surface area contributed by atoms with Crippen molar-refractivity contribution in [2.24, 2.45) is 4.99 Å². The Balaban J connectivity index is 1.59. The van der Waals surface area contributed by atoms with Gasteiger partial charge in [-0.15, -0.1) is 0 Å². The number of fused-ring (bicyclic) bond motifs is 1. The van der Waals surface area contributed by atoms with Crippen molar-refractivity contribution in [3.63, 3.8) is 0 Å². The van der Waals surface area contributed by atoms with E-state index in [1.54, 1.807) is 31.6 Å².